The number of ketones is 2. The molecule has 0 spiro atoms. The van der Waals surface area contributed by atoms with Crippen LogP contribution in [0, 0.1) is 58.2 Å². The average Bonchev–Trinajstić information content (AvgIpc) is 2.83. The van der Waals surface area contributed by atoms with Crippen LogP contribution in [-0.2, 0) is 19.2 Å². The molecule has 2 N–H and O–H groups in total. The van der Waals surface area contributed by atoms with E-state index < -0.39 is 11.9 Å². The van der Waals surface area contributed by atoms with Crippen molar-refractivity contribution < 1.29 is 29.4 Å². The van der Waals surface area contributed by atoms with Crippen LogP contribution in [0.3, 0.4) is 0 Å². The lowest BCUT2D eigenvalue weighted by atomic mass is 9.54. The smallest absolute Gasteiger partial charge is 0.306 e. The highest BCUT2D eigenvalue weighted by atomic mass is 16.4. The monoisotopic (exact) mass is 504 g/mol. The van der Waals surface area contributed by atoms with Gasteiger partial charge in [0.2, 0.25) is 0 Å². The molecule has 6 heteroatoms. The molecule has 0 bridgehead atoms. The maximum absolute atomic E-state index is 11.9. The van der Waals surface area contributed by atoms with Crippen LogP contribution in [0.15, 0.2) is 0 Å². The summed E-state index contributed by atoms with van der Waals surface area (Å²) < 4.78 is 0. The van der Waals surface area contributed by atoms with Gasteiger partial charge in [0.15, 0.2) is 0 Å². The lowest BCUT2D eigenvalue weighted by Gasteiger charge is -2.50. The van der Waals surface area contributed by atoms with Gasteiger partial charge in [-0.1, -0.05) is 41.5 Å². The fourth-order valence-corrected chi connectivity index (χ4v) is 8.13. The number of carbonyl (C=O) groups excluding carboxylic acids is 2. The van der Waals surface area contributed by atoms with Crippen molar-refractivity contribution in [3.05, 3.63) is 0 Å². The van der Waals surface area contributed by atoms with Crippen molar-refractivity contribution in [2.45, 2.75) is 106 Å². The molecule has 0 amide bonds. The van der Waals surface area contributed by atoms with Crippen LogP contribution in [0.25, 0.3) is 0 Å². The minimum atomic E-state index is -0.696. The lowest BCUT2D eigenvalue weighted by Crippen LogP contribution is -2.46. The van der Waals surface area contributed by atoms with Gasteiger partial charge in [0.05, 0.1) is 11.8 Å². The fraction of sp³-hybridized carbons (Fsp3) is 0.867. The summed E-state index contributed by atoms with van der Waals surface area (Å²) in [6.45, 7) is 12.3. The van der Waals surface area contributed by atoms with Crippen LogP contribution >= 0.6 is 0 Å². The Morgan fingerprint density at radius 2 is 1.06 bits per heavy atom. The van der Waals surface area contributed by atoms with Gasteiger partial charge in [-0.15, -0.1) is 0 Å². The number of rotatable bonds is 4. The van der Waals surface area contributed by atoms with Gasteiger partial charge in [-0.05, 0) is 85.9 Å². The van der Waals surface area contributed by atoms with Crippen LogP contribution in [-0.4, -0.2) is 33.7 Å². The van der Waals surface area contributed by atoms with E-state index in [1.54, 1.807) is 0 Å². The molecule has 4 saturated carbocycles. The van der Waals surface area contributed by atoms with Crippen LogP contribution in [0.4, 0.5) is 0 Å². The van der Waals surface area contributed by atoms with Gasteiger partial charge < -0.3 is 10.2 Å². The quantitative estimate of drug-likeness (QED) is 0.468. The SMILES string of the molecule is C[C@H](C(=O)O)[C@@H]1CC[C@@]2(C)CCC(=O)[C@@H](C)[C@@H]2C1.C[C@H](C(=O)O)[C@@H]1CC[C@@]2(C)CCC(=O)[C@@H](C)[C@@H]2C1. The van der Waals surface area contributed by atoms with Gasteiger partial charge in [0.25, 0.3) is 0 Å². The molecule has 0 aromatic carbocycles. The maximum atomic E-state index is 11.9. The third-order valence-corrected chi connectivity index (χ3v) is 11.4. The zero-order valence-corrected chi connectivity index (χ0v) is 23.2. The average molecular weight is 505 g/mol. The molecule has 0 unspecified atom stereocenters. The van der Waals surface area contributed by atoms with Gasteiger partial charge in [0, 0.05) is 24.7 Å². The Morgan fingerprint density at radius 3 is 1.36 bits per heavy atom. The minimum Gasteiger partial charge on any atom is -0.481 e. The Morgan fingerprint density at radius 1 is 0.722 bits per heavy atom. The van der Waals surface area contributed by atoms with E-state index in [1.807, 2.05) is 27.7 Å². The van der Waals surface area contributed by atoms with E-state index in [-0.39, 0.29) is 46.3 Å². The van der Waals surface area contributed by atoms with Gasteiger partial charge in [-0.25, -0.2) is 0 Å². The normalized spacial score (nSPS) is 42.2. The molecular formula is C30H48O6. The third kappa shape index (κ3) is 5.72. The topological polar surface area (TPSA) is 109 Å². The standard InChI is InChI=1S/2C15H24O3/c2*1-9(14(17)18)11-4-6-15(3)7-5-13(16)10(2)12(15)8-11/h2*9-12H,4-8H2,1-3H3,(H,17,18)/t2*9-,10-,11+,12-,15-/m00/s1. The van der Waals surface area contributed by atoms with Crippen LogP contribution in [0.5, 0.6) is 0 Å². The molecule has 4 aliphatic carbocycles. The summed E-state index contributed by atoms with van der Waals surface area (Å²) >= 11 is 0. The molecule has 0 aromatic heterocycles. The number of carboxylic acid groups (broad SMARTS) is 2. The van der Waals surface area contributed by atoms with E-state index in [0.717, 1.165) is 51.4 Å². The lowest BCUT2D eigenvalue weighted by molar-refractivity contribution is -0.147. The Balaban J connectivity index is 0.000000201. The van der Waals surface area contributed by atoms with E-state index in [4.69, 9.17) is 10.2 Å². The van der Waals surface area contributed by atoms with E-state index in [9.17, 15) is 19.2 Å². The van der Waals surface area contributed by atoms with E-state index in [0.29, 0.717) is 36.2 Å². The molecule has 4 aliphatic rings. The molecule has 0 aliphatic heterocycles. The summed E-state index contributed by atoms with van der Waals surface area (Å²) in [5, 5.41) is 18.3. The second kappa shape index (κ2) is 10.9. The molecule has 204 valence electrons. The van der Waals surface area contributed by atoms with Gasteiger partial charge in [-0.3, -0.25) is 19.2 Å². The number of hydrogen-bond donors (Lipinski definition) is 2. The third-order valence-electron chi connectivity index (χ3n) is 11.4. The molecule has 0 heterocycles. The van der Waals surface area contributed by atoms with Crippen LogP contribution < -0.4 is 0 Å². The van der Waals surface area contributed by atoms with Gasteiger partial charge in [0.1, 0.15) is 11.6 Å². The van der Waals surface area contributed by atoms with Crippen LogP contribution in [0.1, 0.15) is 106 Å². The Hall–Kier alpha value is -1.72. The molecule has 0 radical (unpaired) electrons. The molecule has 10 atom stereocenters. The van der Waals surface area contributed by atoms with Crippen molar-refractivity contribution >= 4 is 23.5 Å². The van der Waals surface area contributed by atoms with Crippen molar-refractivity contribution in [1.82, 2.24) is 0 Å². The first kappa shape index (κ1) is 28.8. The van der Waals surface area contributed by atoms with E-state index in [1.165, 1.54) is 0 Å². The van der Waals surface area contributed by atoms with Crippen molar-refractivity contribution in [1.29, 1.82) is 0 Å². The number of carbonyl (C=O) groups is 4. The Bertz CT molecular complexity index is 796. The highest BCUT2D eigenvalue weighted by Gasteiger charge is 2.49. The minimum absolute atomic E-state index is 0.118. The first-order valence-electron chi connectivity index (χ1n) is 14.2. The number of Topliss-reactive ketones (excluding diaryl/α,β-unsaturated/α-hetero) is 2. The van der Waals surface area contributed by atoms with Crippen molar-refractivity contribution in [2.24, 2.45) is 58.2 Å². The van der Waals surface area contributed by atoms with Gasteiger partial charge in [-0.2, -0.15) is 0 Å². The van der Waals surface area contributed by atoms with E-state index >= 15 is 0 Å². The highest BCUT2D eigenvalue weighted by molar-refractivity contribution is 5.82. The number of carboxylic acids is 2. The predicted molar refractivity (Wildman–Crippen MR) is 138 cm³/mol. The molecule has 0 saturated heterocycles. The first-order chi connectivity index (χ1) is 16.7. The Kier molecular flexibility index (Phi) is 8.77. The predicted octanol–water partition coefficient (Wildman–Crippen LogP) is 6.26. The number of hydrogen-bond acceptors (Lipinski definition) is 4. The molecular weight excluding hydrogens is 456 g/mol. The number of fused-ring (bicyclic) bond motifs is 2. The van der Waals surface area contributed by atoms with Crippen molar-refractivity contribution in [3.8, 4) is 0 Å². The molecule has 4 rings (SSSR count). The number of aliphatic carboxylic acids is 2. The zero-order chi connectivity index (χ0) is 27.0. The second-order valence-electron chi connectivity index (χ2n) is 13.4. The maximum Gasteiger partial charge on any atom is 0.306 e. The summed E-state index contributed by atoms with van der Waals surface area (Å²) in [7, 11) is 0. The van der Waals surface area contributed by atoms with Gasteiger partial charge >= 0.3 is 11.9 Å². The summed E-state index contributed by atoms with van der Waals surface area (Å²) in [5.74, 6) is 0.304. The largest absolute Gasteiger partial charge is 0.481 e. The fourth-order valence-electron chi connectivity index (χ4n) is 8.13. The van der Waals surface area contributed by atoms with E-state index in [2.05, 4.69) is 13.8 Å². The van der Waals surface area contributed by atoms with Crippen molar-refractivity contribution in [3.63, 3.8) is 0 Å². The molecule has 6 nitrogen and oxygen atoms in total. The molecule has 36 heavy (non-hydrogen) atoms. The summed E-state index contributed by atoms with van der Waals surface area (Å²) in [5.41, 5.74) is 0.532. The highest BCUT2D eigenvalue weighted by Crippen LogP contribution is 2.55. The van der Waals surface area contributed by atoms with Crippen LogP contribution in [0.2, 0.25) is 0 Å². The Labute approximate surface area is 217 Å². The summed E-state index contributed by atoms with van der Waals surface area (Å²) in [6, 6.07) is 0. The zero-order valence-electron chi connectivity index (χ0n) is 23.2. The second-order valence-corrected chi connectivity index (χ2v) is 13.4. The first-order valence-corrected chi connectivity index (χ1v) is 14.2. The molecule has 0 aromatic rings. The summed E-state index contributed by atoms with van der Waals surface area (Å²) in [6.07, 6.45) is 9.41. The van der Waals surface area contributed by atoms with Crippen molar-refractivity contribution in [2.75, 3.05) is 0 Å². The molecule has 4 fully saturated rings. The summed E-state index contributed by atoms with van der Waals surface area (Å²) in [4.78, 5) is 46.0.